The molecule has 0 aliphatic rings. The Hall–Kier alpha value is -7.68. The van der Waals surface area contributed by atoms with Crippen LogP contribution in [0.15, 0.2) is 229 Å². The SMILES string of the molecule is c1ccc(-c2ccc(-c3ccccc3N(c3ccccc3-c3ccc4ccccc4c3)c3ccc(-c4ccc5ccccc5c4)c4oc5ccccc5c34)cc2)cc1. The van der Waals surface area contributed by atoms with Crippen molar-refractivity contribution >= 4 is 60.5 Å². The average Bonchev–Trinajstić information content (AvgIpc) is 3.70. The molecule has 0 aliphatic carbocycles. The largest absolute Gasteiger partial charge is 0.455 e. The van der Waals surface area contributed by atoms with E-state index in [4.69, 9.17) is 4.42 Å². The van der Waals surface area contributed by atoms with Gasteiger partial charge in [0.25, 0.3) is 0 Å². The number of nitrogens with zero attached hydrogens (tertiary/aromatic N) is 1. The predicted molar refractivity (Wildman–Crippen MR) is 245 cm³/mol. The van der Waals surface area contributed by atoms with Gasteiger partial charge in [-0.15, -0.1) is 0 Å². The average molecular weight is 740 g/mol. The summed E-state index contributed by atoms with van der Waals surface area (Å²) in [5, 5.41) is 7.00. The molecule has 0 N–H and O–H groups in total. The molecule has 0 unspecified atom stereocenters. The number of hydrogen-bond donors (Lipinski definition) is 0. The molecule has 2 heteroatoms. The van der Waals surface area contributed by atoms with Crippen molar-refractivity contribution < 1.29 is 4.42 Å². The highest BCUT2D eigenvalue weighted by molar-refractivity contribution is 6.18. The van der Waals surface area contributed by atoms with Gasteiger partial charge < -0.3 is 9.32 Å². The third kappa shape index (κ3) is 5.82. The second kappa shape index (κ2) is 14.1. The van der Waals surface area contributed by atoms with Gasteiger partial charge in [0.1, 0.15) is 11.2 Å². The molecule has 0 amide bonds. The number of hydrogen-bond acceptors (Lipinski definition) is 2. The molecule has 0 radical (unpaired) electrons. The molecule has 0 spiro atoms. The fraction of sp³-hybridized carbons (Fsp3) is 0. The van der Waals surface area contributed by atoms with Crippen molar-refractivity contribution in [2.75, 3.05) is 4.90 Å². The number of rotatable bonds is 7. The van der Waals surface area contributed by atoms with Crippen molar-refractivity contribution in [1.29, 1.82) is 0 Å². The molecule has 272 valence electrons. The van der Waals surface area contributed by atoms with Crippen molar-refractivity contribution in [1.82, 2.24) is 0 Å². The second-order valence-electron chi connectivity index (χ2n) is 14.9. The first-order chi connectivity index (χ1) is 28.8. The summed E-state index contributed by atoms with van der Waals surface area (Å²) in [5.74, 6) is 0. The highest BCUT2D eigenvalue weighted by Crippen LogP contribution is 2.50. The first-order valence-corrected chi connectivity index (χ1v) is 19.8. The van der Waals surface area contributed by atoms with Crippen molar-refractivity contribution in [2.45, 2.75) is 0 Å². The standard InChI is InChI=1S/C56H37NO/c1-2-14-38(15-3-1)41-26-30-42(31-27-41)47-20-8-11-23-51(47)57(52-24-12-9-21-48(52)45-32-28-39-16-4-6-18-43(39)36-45)53-35-34-49(46-33-29-40-17-5-7-19-44(40)37-46)56-55(53)50-22-10-13-25-54(50)58-56/h1-37H. The number of para-hydroxylation sites is 3. The molecule has 58 heavy (non-hydrogen) atoms. The van der Waals surface area contributed by atoms with E-state index in [-0.39, 0.29) is 0 Å². The molecular weight excluding hydrogens is 703 g/mol. The number of benzene rings is 10. The summed E-state index contributed by atoms with van der Waals surface area (Å²) >= 11 is 0. The Balaban J connectivity index is 1.18. The Morgan fingerprint density at radius 1 is 0.293 bits per heavy atom. The fourth-order valence-corrected chi connectivity index (χ4v) is 8.63. The maximum atomic E-state index is 6.92. The highest BCUT2D eigenvalue weighted by atomic mass is 16.3. The molecule has 10 aromatic carbocycles. The van der Waals surface area contributed by atoms with E-state index >= 15 is 0 Å². The Bertz CT molecular complexity index is 3290. The van der Waals surface area contributed by atoms with Crippen LogP contribution in [0.1, 0.15) is 0 Å². The van der Waals surface area contributed by atoms with E-state index in [0.29, 0.717) is 0 Å². The van der Waals surface area contributed by atoms with Gasteiger partial charge in [-0.1, -0.05) is 182 Å². The lowest BCUT2D eigenvalue weighted by atomic mass is 9.94. The maximum Gasteiger partial charge on any atom is 0.145 e. The maximum absolute atomic E-state index is 6.92. The molecule has 1 heterocycles. The quantitative estimate of drug-likeness (QED) is 0.162. The third-order valence-electron chi connectivity index (χ3n) is 11.5. The monoisotopic (exact) mass is 739 g/mol. The minimum absolute atomic E-state index is 0.861. The summed E-state index contributed by atoms with van der Waals surface area (Å²) in [6, 6.07) is 80.7. The van der Waals surface area contributed by atoms with Crippen LogP contribution in [0.3, 0.4) is 0 Å². The van der Waals surface area contributed by atoms with Gasteiger partial charge in [-0.25, -0.2) is 0 Å². The van der Waals surface area contributed by atoms with Gasteiger partial charge >= 0.3 is 0 Å². The van der Waals surface area contributed by atoms with E-state index in [9.17, 15) is 0 Å². The molecule has 0 fully saturated rings. The Morgan fingerprint density at radius 3 is 1.45 bits per heavy atom. The molecule has 0 saturated carbocycles. The summed E-state index contributed by atoms with van der Waals surface area (Å²) in [4.78, 5) is 2.46. The van der Waals surface area contributed by atoms with Crippen LogP contribution in [0.25, 0.3) is 88.0 Å². The van der Waals surface area contributed by atoms with E-state index in [1.165, 1.54) is 32.7 Å². The third-order valence-corrected chi connectivity index (χ3v) is 11.5. The molecule has 2 nitrogen and oxygen atoms in total. The van der Waals surface area contributed by atoms with Crippen LogP contribution in [0.2, 0.25) is 0 Å². The highest BCUT2D eigenvalue weighted by Gasteiger charge is 2.26. The van der Waals surface area contributed by atoms with Crippen molar-refractivity contribution in [3.05, 3.63) is 224 Å². The molecule has 1 aromatic heterocycles. The zero-order chi connectivity index (χ0) is 38.4. The van der Waals surface area contributed by atoms with E-state index < -0.39 is 0 Å². The molecule has 0 saturated heterocycles. The zero-order valence-electron chi connectivity index (χ0n) is 31.7. The topological polar surface area (TPSA) is 16.4 Å². The lowest BCUT2D eigenvalue weighted by Crippen LogP contribution is -2.13. The minimum atomic E-state index is 0.861. The summed E-state index contributed by atoms with van der Waals surface area (Å²) in [6.45, 7) is 0. The van der Waals surface area contributed by atoms with Crippen LogP contribution in [-0.2, 0) is 0 Å². The van der Waals surface area contributed by atoms with Crippen LogP contribution >= 0.6 is 0 Å². The van der Waals surface area contributed by atoms with E-state index in [2.05, 4.69) is 229 Å². The Morgan fingerprint density at radius 2 is 0.776 bits per heavy atom. The normalized spacial score (nSPS) is 11.4. The van der Waals surface area contributed by atoms with E-state index in [0.717, 1.165) is 72.4 Å². The molecule has 0 atom stereocenters. The van der Waals surface area contributed by atoms with Crippen molar-refractivity contribution in [3.8, 4) is 44.5 Å². The van der Waals surface area contributed by atoms with E-state index in [1.807, 2.05) is 0 Å². The van der Waals surface area contributed by atoms with Crippen molar-refractivity contribution in [2.24, 2.45) is 0 Å². The molecule has 11 aromatic rings. The van der Waals surface area contributed by atoms with Crippen LogP contribution in [0.5, 0.6) is 0 Å². The minimum Gasteiger partial charge on any atom is -0.455 e. The van der Waals surface area contributed by atoms with Crippen molar-refractivity contribution in [3.63, 3.8) is 0 Å². The summed E-state index contributed by atoms with van der Waals surface area (Å²) in [5.41, 5.74) is 14.1. The number of furan rings is 1. The fourth-order valence-electron chi connectivity index (χ4n) is 8.63. The summed E-state index contributed by atoms with van der Waals surface area (Å²) in [6.07, 6.45) is 0. The Labute approximate surface area is 337 Å². The number of fused-ring (bicyclic) bond motifs is 5. The number of anilines is 3. The lowest BCUT2D eigenvalue weighted by Gasteiger charge is -2.30. The van der Waals surface area contributed by atoms with Gasteiger partial charge in [-0.3, -0.25) is 0 Å². The molecular formula is C56H37NO. The molecule has 0 aliphatic heterocycles. The van der Waals surface area contributed by atoms with Crippen LogP contribution < -0.4 is 4.90 Å². The summed E-state index contributed by atoms with van der Waals surface area (Å²) < 4.78 is 6.92. The smallest absolute Gasteiger partial charge is 0.145 e. The first kappa shape index (κ1) is 33.6. The van der Waals surface area contributed by atoms with Gasteiger partial charge in [0.05, 0.1) is 22.4 Å². The van der Waals surface area contributed by atoms with Gasteiger partial charge in [-0.05, 0) is 91.8 Å². The molecule has 0 bridgehead atoms. The lowest BCUT2D eigenvalue weighted by molar-refractivity contribution is 0.670. The van der Waals surface area contributed by atoms with Crippen LogP contribution in [0, 0.1) is 0 Å². The van der Waals surface area contributed by atoms with Crippen LogP contribution in [0.4, 0.5) is 17.1 Å². The summed E-state index contributed by atoms with van der Waals surface area (Å²) in [7, 11) is 0. The van der Waals surface area contributed by atoms with Gasteiger partial charge in [0.2, 0.25) is 0 Å². The van der Waals surface area contributed by atoms with E-state index in [1.54, 1.807) is 0 Å². The predicted octanol–water partition coefficient (Wildman–Crippen LogP) is 16.0. The van der Waals surface area contributed by atoms with Gasteiger partial charge in [0, 0.05) is 22.1 Å². The first-order valence-electron chi connectivity index (χ1n) is 19.8. The zero-order valence-corrected chi connectivity index (χ0v) is 31.7. The second-order valence-corrected chi connectivity index (χ2v) is 14.9. The molecule has 11 rings (SSSR count). The van der Waals surface area contributed by atoms with Gasteiger partial charge in [-0.2, -0.15) is 0 Å². The Kier molecular flexibility index (Phi) is 8.19. The van der Waals surface area contributed by atoms with Crippen LogP contribution in [-0.4, -0.2) is 0 Å². The van der Waals surface area contributed by atoms with Gasteiger partial charge in [0.15, 0.2) is 0 Å².